The van der Waals surface area contributed by atoms with Gasteiger partial charge in [0.15, 0.2) is 0 Å². The number of benzene rings is 1. The molecule has 1 aromatic carbocycles. The van der Waals surface area contributed by atoms with Gasteiger partial charge >= 0.3 is 0 Å². The molecule has 1 fully saturated rings. The van der Waals surface area contributed by atoms with E-state index >= 15 is 0 Å². The van der Waals surface area contributed by atoms with Crippen molar-refractivity contribution in [2.24, 2.45) is 0 Å². The van der Waals surface area contributed by atoms with Gasteiger partial charge in [-0.15, -0.1) is 24.2 Å². The Kier molecular flexibility index (Phi) is 9.55. The molecule has 0 aliphatic carbocycles. The monoisotopic (exact) mass is 344 g/mol. The maximum absolute atomic E-state index is 11.6. The molecule has 4 nitrogen and oxygen atoms in total. The molecule has 1 aliphatic heterocycles. The fraction of sp³-hybridized carbons (Fsp3) is 0.562. The van der Waals surface area contributed by atoms with Crippen LogP contribution in [-0.4, -0.2) is 44.0 Å². The predicted octanol–water partition coefficient (Wildman–Crippen LogP) is 2.39. The van der Waals surface area contributed by atoms with Gasteiger partial charge in [-0.3, -0.25) is 4.79 Å². The lowest BCUT2D eigenvalue weighted by atomic mass is 10.2. The van der Waals surface area contributed by atoms with E-state index in [2.05, 4.69) is 41.8 Å². The highest BCUT2D eigenvalue weighted by molar-refractivity contribution is 7.99. The minimum atomic E-state index is 0. The molecule has 22 heavy (non-hydrogen) atoms. The van der Waals surface area contributed by atoms with E-state index in [1.807, 2.05) is 0 Å². The normalized spacial score (nSPS) is 17.0. The number of carbonyl (C=O) groups is 1. The smallest absolute Gasteiger partial charge is 0.233 e. The molecule has 124 valence electrons. The van der Waals surface area contributed by atoms with Crippen LogP contribution in [0.2, 0.25) is 0 Å². The summed E-state index contributed by atoms with van der Waals surface area (Å²) < 4.78 is 5.49. The zero-order valence-corrected chi connectivity index (χ0v) is 14.6. The van der Waals surface area contributed by atoms with E-state index in [-0.39, 0.29) is 24.4 Å². The Labute approximate surface area is 143 Å². The van der Waals surface area contributed by atoms with Gasteiger partial charge in [-0.2, -0.15) is 0 Å². The van der Waals surface area contributed by atoms with E-state index in [9.17, 15) is 4.79 Å². The van der Waals surface area contributed by atoms with Gasteiger partial charge in [-0.25, -0.2) is 0 Å². The van der Waals surface area contributed by atoms with Crippen LogP contribution in [0.15, 0.2) is 29.2 Å². The van der Waals surface area contributed by atoms with Crippen molar-refractivity contribution in [3.8, 4) is 0 Å². The van der Waals surface area contributed by atoms with Crippen LogP contribution in [0.4, 0.5) is 0 Å². The number of halogens is 1. The maximum Gasteiger partial charge on any atom is 0.233 e. The zero-order chi connectivity index (χ0) is 14.9. The van der Waals surface area contributed by atoms with Crippen LogP contribution in [0.25, 0.3) is 0 Å². The average molecular weight is 345 g/mol. The zero-order valence-electron chi connectivity index (χ0n) is 13.0. The third-order valence-electron chi connectivity index (χ3n) is 3.40. The number of carbonyl (C=O) groups excluding carboxylic acids is 1. The van der Waals surface area contributed by atoms with Gasteiger partial charge in [-0.1, -0.05) is 17.7 Å². The molecule has 0 aromatic heterocycles. The summed E-state index contributed by atoms with van der Waals surface area (Å²) in [5, 5.41) is 6.07. The van der Waals surface area contributed by atoms with Gasteiger partial charge in [0.2, 0.25) is 5.91 Å². The second kappa shape index (κ2) is 10.9. The summed E-state index contributed by atoms with van der Waals surface area (Å²) >= 11 is 1.76. The van der Waals surface area contributed by atoms with Crippen LogP contribution in [-0.2, 0) is 9.53 Å². The van der Waals surface area contributed by atoms with Gasteiger partial charge in [0.1, 0.15) is 0 Å². The first-order valence-electron chi connectivity index (χ1n) is 7.52. The van der Waals surface area contributed by atoms with Crippen LogP contribution >= 0.6 is 24.2 Å². The molecule has 1 heterocycles. The molecule has 1 saturated heterocycles. The highest BCUT2D eigenvalue weighted by atomic mass is 35.5. The van der Waals surface area contributed by atoms with Crippen LogP contribution in [0.1, 0.15) is 18.4 Å². The summed E-state index contributed by atoms with van der Waals surface area (Å²) in [5.41, 5.74) is 1.27. The van der Waals surface area contributed by atoms with Crippen molar-refractivity contribution in [3.63, 3.8) is 0 Å². The van der Waals surface area contributed by atoms with Gasteiger partial charge in [0.25, 0.3) is 0 Å². The number of amides is 1. The Morgan fingerprint density at radius 1 is 1.36 bits per heavy atom. The Hall–Kier alpha value is -0.750. The fourth-order valence-corrected chi connectivity index (χ4v) is 2.98. The first-order chi connectivity index (χ1) is 10.2. The van der Waals surface area contributed by atoms with Gasteiger partial charge < -0.3 is 15.4 Å². The largest absolute Gasteiger partial charge is 0.377 e. The number of hydrogen-bond donors (Lipinski definition) is 2. The van der Waals surface area contributed by atoms with Crippen molar-refractivity contribution in [1.29, 1.82) is 0 Å². The van der Waals surface area contributed by atoms with Crippen LogP contribution < -0.4 is 10.6 Å². The molecule has 1 aliphatic rings. The molecular formula is C16H25ClN2O2S. The highest BCUT2D eigenvalue weighted by Gasteiger charge is 2.14. The SMILES string of the molecule is Cc1ccc(SCCNC(=O)CNCC2CCCO2)cc1.Cl. The number of ether oxygens (including phenoxy) is 1. The van der Waals surface area contributed by atoms with Crippen molar-refractivity contribution in [2.45, 2.75) is 30.8 Å². The quantitative estimate of drug-likeness (QED) is 0.561. The molecule has 1 amide bonds. The summed E-state index contributed by atoms with van der Waals surface area (Å²) in [6.45, 7) is 4.77. The summed E-state index contributed by atoms with van der Waals surface area (Å²) in [5.74, 6) is 0.943. The number of aryl methyl sites for hydroxylation is 1. The maximum atomic E-state index is 11.6. The van der Waals surface area contributed by atoms with Gasteiger partial charge in [-0.05, 0) is 31.9 Å². The van der Waals surface area contributed by atoms with Crippen LogP contribution in [0, 0.1) is 6.92 Å². The minimum absolute atomic E-state index is 0. The van der Waals surface area contributed by atoms with E-state index in [4.69, 9.17) is 4.74 Å². The first-order valence-corrected chi connectivity index (χ1v) is 8.51. The van der Waals surface area contributed by atoms with E-state index < -0.39 is 0 Å². The second-order valence-electron chi connectivity index (χ2n) is 5.28. The third kappa shape index (κ3) is 7.49. The summed E-state index contributed by atoms with van der Waals surface area (Å²) in [4.78, 5) is 12.9. The summed E-state index contributed by atoms with van der Waals surface area (Å²) in [6.07, 6.45) is 2.52. The average Bonchev–Trinajstić information content (AvgIpc) is 2.99. The minimum Gasteiger partial charge on any atom is -0.377 e. The Bertz CT molecular complexity index is 436. The summed E-state index contributed by atoms with van der Waals surface area (Å²) in [6, 6.07) is 8.45. The molecule has 1 aromatic rings. The van der Waals surface area contributed by atoms with Crippen molar-refractivity contribution in [3.05, 3.63) is 29.8 Å². The lowest BCUT2D eigenvalue weighted by molar-refractivity contribution is -0.120. The van der Waals surface area contributed by atoms with E-state index in [1.54, 1.807) is 11.8 Å². The molecular weight excluding hydrogens is 320 g/mol. The van der Waals surface area contributed by atoms with Crippen LogP contribution in [0.3, 0.4) is 0 Å². The van der Waals surface area contributed by atoms with E-state index in [1.165, 1.54) is 10.5 Å². The predicted molar refractivity (Wildman–Crippen MR) is 94.0 cm³/mol. The third-order valence-corrected chi connectivity index (χ3v) is 4.41. The lowest BCUT2D eigenvalue weighted by Gasteiger charge is -2.10. The lowest BCUT2D eigenvalue weighted by Crippen LogP contribution is -2.37. The first kappa shape index (κ1) is 19.3. The van der Waals surface area contributed by atoms with Crippen molar-refractivity contribution >= 4 is 30.1 Å². The number of rotatable bonds is 8. The highest BCUT2D eigenvalue weighted by Crippen LogP contribution is 2.17. The summed E-state index contributed by atoms with van der Waals surface area (Å²) in [7, 11) is 0. The van der Waals surface area contributed by atoms with Crippen LogP contribution in [0.5, 0.6) is 0 Å². The molecule has 0 bridgehead atoms. The molecule has 6 heteroatoms. The topological polar surface area (TPSA) is 50.4 Å². The molecule has 0 saturated carbocycles. The van der Waals surface area contributed by atoms with Gasteiger partial charge in [0.05, 0.1) is 12.6 Å². The molecule has 0 radical (unpaired) electrons. The molecule has 2 rings (SSSR count). The van der Waals surface area contributed by atoms with Gasteiger partial charge in [0, 0.05) is 30.3 Å². The van der Waals surface area contributed by atoms with E-state index in [0.29, 0.717) is 13.1 Å². The molecule has 2 N–H and O–H groups in total. The van der Waals surface area contributed by atoms with Crippen molar-refractivity contribution in [2.75, 3.05) is 32.0 Å². The number of nitrogens with one attached hydrogen (secondary N) is 2. The Balaban J connectivity index is 0.00000242. The fourth-order valence-electron chi connectivity index (χ4n) is 2.21. The number of thioether (sulfide) groups is 1. The molecule has 1 unspecified atom stereocenters. The molecule has 1 atom stereocenters. The Morgan fingerprint density at radius 2 is 2.14 bits per heavy atom. The van der Waals surface area contributed by atoms with Crippen molar-refractivity contribution < 1.29 is 9.53 Å². The van der Waals surface area contributed by atoms with E-state index in [0.717, 1.165) is 31.7 Å². The molecule has 0 spiro atoms. The Morgan fingerprint density at radius 3 is 2.82 bits per heavy atom. The second-order valence-corrected chi connectivity index (χ2v) is 6.45. The number of hydrogen-bond acceptors (Lipinski definition) is 4. The standard InChI is InChI=1S/C16H24N2O2S.ClH/c1-13-4-6-15(7-5-13)21-10-8-18-16(19)12-17-11-14-3-2-9-20-14;/h4-7,14,17H,2-3,8-12H2,1H3,(H,18,19);1H. The van der Waals surface area contributed by atoms with Crippen molar-refractivity contribution in [1.82, 2.24) is 10.6 Å².